The van der Waals surface area contributed by atoms with E-state index in [-0.39, 0.29) is 0 Å². The number of hydrogen-bond donors (Lipinski definition) is 3. The number of benzene rings is 1. The van der Waals surface area contributed by atoms with Crippen LogP contribution in [0.5, 0.6) is 0 Å². The lowest BCUT2D eigenvalue weighted by atomic mass is 10.1. The summed E-state index contributed by atoms with van der Waals surface area (Å²) in [5, 5.41) is 20.5. The number of carbonyl (C=O) groups excluding carboxylic acids is 1. The molecular weight excluding hydrogens is 198 g/mol. The molecule has 5 nitrogen and oxygen atoms in total. The summed E-state index contributed by atoms with van der Waals surface area (Å²) in [6, 6.07) is 7.74. The van der Waals surface area contributed by atoms with Crippen LogP contribution in [0.4, 0.5) is 4.79 Å². The number of aliphatic hydroxyl groups excluding tert-OH is 1. The van der Waals surface area contributed by atoms with E-state index in [1.807, 2.05) is 0 Å². The van der Waals surface area contributed by atoms with Crippen molar-refractivity contribution in [1.29, 1.82) is 0 Å². The Kier molecular flexibility index (Phi) is 4.08. The highest BCUT2D eigenvalue weighted by Crippen LogP contribution is 2.15. The summed E-state index contributed by atoms with van der Waals surface area (Å²) in [5.41, 5.74) is 0.595. The third-order valence-electron chi connectivity index (χ3n) is 1.92. The fraction of sp³-hybridized carbons (Fsp3) is 0.300. The van der Waals surface area contributed by atoms with Crippen LogP contribution < -0.4 is 5.32 Å². The first-order valence-corrected chi connectivity index (χ1v) is 4.40. The minimum absolute atomic E-state index is 0.595. The molecule has 0 aliphatic heterocycles. The van der Waals surface area contributed by atoms with Crippen molar-refractivity contribution < 1.29 is 19.7 Å². The Morgan fingerprint density at radius 2 is 1.93 bits per heavy atom. The summed E-state index contributed by atoms with van der Waals surface area (Å²) >= 11 is 0. The van der Waals surface area contributed by atoms with E-state index in [4.69, 9.17) is 10.2 Å². The monoisotopic (exact) mass is 211 g/mol. The van der Waals surface area contributed by atoms with Crippen LogP contribution in [0, 0.1) is 0 Å². The number of hydrogen-bond acceptors (Lipinski definition) is 4. The maximum absolute atomic E-state index is 10.9. The van der Waals surface area contributed by atoms with Crippen LogP contribution in [0.2, 0.25) is 0 Å². The van der Waals surface area contributed by atoms with Crippen LogP contribution in [0.25, 0.3) is 0 Å². The van der Waals surface area contributed by atoms with Gasteiger partial charge in [-0.15, -0.1) is 0 Å². The molecule has 1 rings (SSSR count). The number of nitrogens with one attached hydrogen (secondary N) is 1. The minimum atomic E-state index is -1.67. The number of amides is 1. The van der Waals surface area contributed by atoms with Crippen molar-refractivity contribution in [3.8, 4) is 0 Å². The van der Waals surface area contributed by atoms with Gasteiger partial charge in [0.05, 0.1) is 7.11 Å². The quantitative estimate of drug-likeness (QED) is 0.632. The molecule has 0 unspecified atom stereocenters. The van der Waals surface area contributed by atoms with E-state index in [0.29, 0.717) is 5.56 Å². The van der Waals surface area contributed by atoms with Gasteiger partial charge in [0, 0.05) is 0 Å². The lowest BCUT2D eigenvalue weighted by Crippen LogP contribution is -2.36. The second kappa shape index (κ2) is 5.33. The molecule has 0 aliphatic rings. The number of aliphatic hydroxyl groups is 2. The van der Waals surface area contributed by atoms with Gasteiger partial charge in [0.25, 0.3) is 0 Å². The van der Waals surface area contributed by atoms with Gasteiger partial charge in [-0.1, -0.05) is 30.3 Å². The summed E-state index contributed by atoms with van der Waals surface area (Å²) in [6.45, 7) is 0. The van der Waals surface area contributed by atoms with Gasteiger partial charge in [-0.05, 0) is 5.56 Å². The van der Waals surface area contributed by atoms with E-state index >= 15 is 0 Å². The van der Waals surface area contributed by atoms with Crippen LogP contribution in [0.15, 0.2) is 30.3 Å². The van der Waals surface area contributed by atoms with E-state index in [1.165, 1.54) is 7.11 Å². The maximum Gasteiger partial charge on any atom is 0.407 e. The number of carbonyl (C=O) groups is 1. The van der Waals surface area contributed by atoms with Crippen molar-refractivity contribution in [2.75, 3.05) is 7.11 Å². The van der Waals surface area contributed by atoms with Gasteiger partial charge in [0.1, 0.15) is 6.04 Å². The topological polar surface area (TPSA) is 78.8 Å². The van der Waals surface area contributed by atoms with Crippen molar-refractivity contribution >= 4 is 6.09 Å². The third-order valence-corrected chi connectivity index (χ3v) is 1.92. The first-order chi connectivity index (χ1) is 7.15. The molecule has 0 spiro atoms. The molecule has 0 aromatic heterocycles. The standard InChI is InChI=1S/C10H13NO4/c1-15-10(14)11-8(9(12)13)7-5-3-2-4-6-7/h2-6,8-9,12-13H,1H3,(H,11,14)/t8-/m1/s1. The lowest BCUT2D eigenvalue weighted by Gasteiger charge is -2.19. The molecule has 15 heavy (non-hydrogen) atoms. The van der Waals surface area contributed by atoms with Crippen molar-refractivity contribution in [3.63, 3.8) is 0 Å². The number of alkyl carbamates (subject to hydrolysis) is 1. The van der Waals surface area contributed by atoms with Gasteiger partial charge >= 0.3 is 6.09 Å². The smallest absolute Gasteiger partial charge is 0.407 e. The van der Waals surface area contributed by atoms with E-state index in [2.05, 4.69) is 10.1 Å². The van der Waals surface area contributed by atoms with Gasteiger partial charge in [-0.3, -0.25) is 0 Å². The van der Waals surface area contributed by atoms with E-state index in [0.717, 1.165) is 0 Å². The number of rotatable bonds is 3. The second-order valence-electron chi connectivity index (χ2n) is 2.94. The van der Waals surface area contributed by atoms with Crippen molar-refractivity contribution in [3.05, 3.63) is 35.9 Å². The maximum atomic E-state index is 10.9. The van der Waals surface area contributed by atoms with Crippen molar-refractivity contribution in [1.82, 2.24) is 5.32 Å². The summed E-state index contributed by atoms with van der Waals surface area (Å²) in [5.74, 6) is 0. The zero-order valence-corrected chi connectivity index (χ0v) is 8.25. The average molecular weight is 211 g/mol. The number of ether oxygens (including phenoxy) is 1. The lowest BCUT2D eigenvalue weighted by molar-refractivity contribution is -0.0668. The summed E-state index contributed by atoms with van der Waals surface area (Å²) in [6.07, 6.45) is -2.39. The fourth-order valence-corrected chi connectivity index (χ4v) is 1.18. The van der Waals surface area contributed by atoms with E-state index < -0.39 is 18.4 Å². The highest BCUT2D eigenvalue weighted by Gasteiger charge is 2.20. The SMILES string of the molecule is COC(=O)N[C@H](c1ccccc1)C(O)O. The summed E-state index contributed by atoms with van der Waals surface area (Å²) < 4.78 is 4.38. The molecule has 3 N–H and O–H groups in total. The normalized spacial score (nSPS) is 12.3. The molecular formula is C10H13NO4. The average Bonchev–Trinajstić information content (AvgIpc) is 2.26. The largest absolute Gasteiger partial charge is 0.453 e. The Morgan fingerprint density at radius 1 is 1.33 bits per heavy atom. The Balaban J connectivity index is 2.79. The fourth-order valence-electron chi connectivity index (χ4n) is 1.18. The highest BCUT2D eigenvalue weighted by atomic mass is 16.5. The van der Waals surface area contributed by atoms with Gasteiger partial charge in [0.15, 0.2) is 6.29 Å². The second-order valence-corrected chi connectivity index (χ2v) is 2.94. The molecule has 1 aromatic carbocycles. The zero-order valence-electron chi connectivity index (χ0n) is 8.25. The van der Waals surface area contributed by atoms with Gasteiger partial charge in [0.2, 0.25) is 0 Å². The molecule has 0 fully saturated rings. The molecule has 0 bridgehead atoms. The van der Waals surface area contributed by atoms with Crippen LogP contribution in [-0.4, -0.2) is 29.7 Å². The predicted octanol–water partition coefficient (Wildman–Crippen LogP) is 0.394. The van der Waals surface area contributed by atoms with E-state index in [9.17, 15) is 4.79 Å². The molecule has 1 aromatic rings. The van der Waals surface area contributed by atoms with E-state index in [1.54, 1.807) is 30.3 Å². The Bertz CT molecular complexity index is 312. The van der Waals surface area contributed by atoms with Gasteiger partial charge < -0.3 is 20.3 Å². The number of methoxy groups -OCH3 is 1. The molecule has 0 radical (unpaired) electrons. The van der Waals surface area contributed by atoms with Gasteiger partial charge in [-0.2, -0.15) is 0 Å². The van der Waals surface area contributed by atoms with Crippen molar-refractivity contribution in [2.24, 2.45) is 0 Å². The highest BCUT2D eigenvalue weighted by molar-refractivity contribution is 5.67. The molecule has 1 atom stereocenters. The minimum Gasteiger partial charge on any atom is -0.453 e. The van der Waals surface area contributed by atoms with Crippen LogP contribution in [0.3, 0.4) is 0 Å². The third kappa shape index (κ3) is 3.23. The first-order valence-electron chi connectivity index (χ1n) is 4.40. The van der Waals surface area contributed by atoms with Crippen LogP contribution >= 0.6 is 0 Å². The Morgan fingerprint density at radius 3 is 2.40 bits per heavy atom. The molecule has 0 saturated heterocycles. The predicted molar refractivity (Wildman–Crippen MR) is 52.9 cm³/mol. The zero-order chi connectivity index (χ0) is 11.3. The Labute approximate surface area is 87.3 Å². The van der Waals surface area contributed by atoms with Crippen LogP contribution in [-0.2, 0) is 4.74 Å². The molecule has 0 aliphatic carbocycles. The molecule has 0 heterocycles. The summed E-state index contributed by atoms with van der Waals surface area (Å²) in [4.78, 5) is 10.9. The molecule has 1 amide bonds. The van der Waals surface area contributed by atoms with Gasteiger partial charge in [-0.25, -0.2) is 4.79 Å². The van der Waals surface area contributed by atoms with Crippen molar-refractivity contribution in [2.45, 2.75) is 12.3 Å². The summed E-state index contributed by atoms with van der Waals surface area (Å²) in [7, 11) is 1.21. The molecule has 0 saturated carbocycles. The van der Waals surface area contributed by atoms with Crippen LogP contribution in [0.1, 0.15) is 11.6 Å². The first kappa shape index (κ1) is 11.5. The Hall–Kier alpha value is -1.59. The molecule has 5 heteroatoms. The molecule has 82 valence electrons.